The van der Waals surface area contributed by atoms with Gasteiger partial charge in [-0.05, 0) is 130 Å². The quantitative estimate of drug-likeness (QED) is 0.0978. The minimum absolute atomic E-state index is 0.0307. The van der Waals surface area contributed by atoms with E-state index in [4.69, 9.17) is 24.7 Å². The van der Waals surface area contributed by atoms with Crippen LogP contribution in [0.2, 0.25) is 104 Å². The molecule has 0 unspecified atom stereocenters. The van der Waals surface area contributed by atoms with Crippen LogP contribution in [0.4, 0.5) is 0 Å². The molecule has 1 saturated carbocycles. The fourth-order valence-electron chi connectivity index (χ4n) is 6.39. The number of carbonyl (C=O) groups is 2. The molecular formula is C28H64O10Si7. The smallest absolute Gasteiger partial charge is 0.474 e. The first-order valence-electron chi connectivity index (χ1n) is 16.4. The normalized spacial score (nSPS) is 17.3. The van der Waals surface area contributed by atoms with E-state index in [0.717, 1.165) is 19.3 Å². The van der Waals surface area contributed by atoms with Crippen molar-refractivity contribution in [3.8, 4) is 0 Å². The molecule has 1 aliphatic carbocycles. The number of aliphatic carboxylic acids is 2. The Labute approximate surface area is 281 Å². The molecule has 1 fully saturated rings. The van der Waals surface area contributed by atoms with E-state index in [-0.39, 0.29) is 23.5 Å². The minimum atomic E-state index is -3.69. The molecule has 0 amide bonds. The summed E-state index contributed by atoms with van der Waals surface area (Å²) in [5.41, 5.74) is 0.0133. The van der Waals surface area contributed by atoms with E-state index in [1.54, 1.807) is 0 Å². The van der Waals surface area contributed by atoms with E-state index < -0.39 is 71.4 Å². The van der Waals surface area contributed by atoms with Crippen LogP contribution in [0.1, 0.15) is 44.9 Å². The van der Waals surface area contributed by atoms with E-state index in [1.807, 2.05) is 39.3 Å². The van der Waals surface area contributed by atoms with Crippen molar-refractivity contribution in [1.82, 2.24) is 0 Å². The molecule has 0 aromatic carbocycles. The number of hydrogen-bond acceptors (Lipinski definition) is 8. The van der Waals surface area contributed by atoms with Crippen LogP contribution < -0.4 is 0 Å². The summed E-state index contributed by atoms with van der Waals surface area (Å²) in [4.78, 5) is 25.0. The molecule has 0 saturated heterocycles. The van der Waals surface area contributed by atoms with Crippen molar-refractivity contribution in [2.75, 3.05) is 0 Å². The molecule has 0 atom stereocenters. The first-order chi connectivity index (χ1) is 20.0. The third-order valence-corrected chi connectivity index (χ3v) is 30.4. The fourth-order valence-corrected chi connectivity index (χ4v) is 38.2. The molecule has 0 aromatic rings. The Balaban J connectivity index is 3.74. The zero-order valence-electron chi connectivity index (χ0n) is 30.9. The van der Waals surface area contributed by atoms with Crippen molar-refractivity contribution in [1.29, 1.82) is 0 Å². The lowest BCUT2D eigenvalue weighted by atomic mass is 9.81. The molecule has 0 radical (unpaired) electrons. The zero-order chi connectivity index (χ0) is 35.3. The maximum Gasteiger partial charge on any atom is 0.474 e. The van der Waals surface area contributed by atoms with Crippen molar-refractivity contribution in [2.45, 2.75) is 149 Å². The molecule has 1 rings (SSSR count). The van der Waals surface area contributed by atoms with Crippen LogP contribution in [0.5, 0.6) is 0 Å². The molecule has 1 aliphatic rings. The summed E-state index contributed by atoms with van der Waals surface area (Å²) in [5.74, 6) is -2.58. The summed E-state index contributed by atoms with van der Waals surface area (Å²) < 4.78 is 41.2. The topological polar surface area (TPSA) is 130 Å². The van der Waals surface area contributed by atoms with Crippen molar-refractivity contribution >= 4 is 71.4 Å². The minimum Gasteiger partial charge on any atom is -0.478 e. The van der Waals surface area contributed by atoms with Crippen molar-refractivity contribution < 1.29 is 44.5 Å². The highest BCUT2D eigenvalue weighted by molar-refractivity contribution is 6.92. The molecule has 0 aromatic heterocycles. The van der Waals surface area contributed by atoms with Gasteiger partial charge < -0.3 is 34.9 Å². The summed E-state index contributed by atoms with van der Waals surface area (Å²) in [6.07, 6.45) is 4.65. The first-order valence-corrected chi connectivity index (χ1v) is 37.0. The molecule has 45 heavy (non-hydrogen) atoms. The van der Waals surface area contributed by atoms with E-state index in [2.05, 4.69) is 58.9 Å². The van der Waals surface area contributed by atoms with Gasteiger partial charge in [0.15, 0.2) is 25.0 Å². The average Bonchev–Trinajstić information content (AvgIpc) is 2.72. The maximum atomic E-state index is 12.6. The number of carboxylic acids is 2. The van der Waals surface area contributed by atoms with Crippen LogP contribution in [0.15, 0.2) is 11.1 Å². The van der Waals surface area contributed by atoms with E-state index in [9.17, 15) is 19.8 Å². The molecule has 264 valence electrons. The van der Waals surface area contributed by atoms with Gasteiger partial charge in [0.05, 0.1) is 5.57 Å². The predicted molar refractivity (Wildman–Crippen MR) is 198 cm³/mol. The summed E-state index contributed by atoms with van der Waals surface area (Å²) in [7, 11) is -18.3. The van der Waals surface area contributed by atoms with Gasteiger partial charge in [0.25, 0.3) is 0 Å². The zero-order valence-corrected chi connectivity index (χ0v) is 37.9. The lowest BCUT2D eigenvalue weighted by Gasteiger charge is -2.46. The van der Waals surface area contributed by atoms with Gasteiger partial charge in [0.2, 0.25) is 0 Å². The molecule has 0 aliphatic heterocycles. The first kappa shape index (κ1) is 43.0. The molecule has 2 N–H and O–H groups in total. The van der Waals surface area contributed by atoms with Crippen molar-refractivity contribution in [3.05, 3.63) is 11.1 Å². The monoisotopic (exact) mass is 756 g/mol. The molecule has 0 bridgehead atoms. The van der Waals surface area contributed by atoms with E-state index in [0.29, 0.717) is 25.3 Å². The molecule has 10 nitrogen and oxygen atoms in total. The second-order valence-electron chi connectivity index (χ2n) is 16.5. The standard InChI is InChI=1S/C28H64O10Si7/c1-39(2,3)33-42(10,11)36-45(37-43(12,13)34-40(4,5)6,38-44(14,15)35-41(7,8)9)23-19-22-25(27(29)30)26(28(31)32)24-20-17-16-18-21-24/h24H,16-23H2,1-15H3,(H,29,30)(H,31,32)/b26-25+. The van der Waals surface area contributed by atoms with Crippen LogP contribution in [-0.4, -0.2) is 81.6 Å². The molecule has 0 heterocycles. The lowest BCUT2D eigenvalue weighted by Crippen LogP contribution is -2.66. The second kappa shape index (κ2) is 16.1. The highest BCUT2D eigenvalue weighted by Gasteiger charge is 2.56. The second-order valence-corrected chi connectivity index (χ2v) is 44.4. The van der Waals surface area contributed by atoms with Gasteiger partial charge in [-0.3, -0.25) is 0 Å². The van der Waals surface area contributed by atoms with Gasteiger partial charge in [-0.1, -0.05) is 19.3 Å². The Morgan fingerprint density at radius 3 is 1.20 bits per heavy atom. The van der Waals surface area contributed by atoms with Crippen LogP contribution in [-0.2, 0) is 34.3 Å². The van der Waals surface area contributed by atoms with E-state index in [1.165, 1.54) is 0 Å². The summed E-state index contributed by atoms with van der Waals surface area (Å²) >= 11 is 0. The average molecular weight is 757 g/mol. The van der Waals surface area contributed by atoms with Crippen LogP contribution in [0.3, 0.4) is 0 Å². The van der Waals surface area contributed by atoms with Gasteiger partial charge in [-0.2, -0.15) is 0 Å². The Hall–Kier alpha value is -0.0418. The summed E-state index contributed by atoms with van der Waals surface area (Å²) in [6.45, 7) is 31.2. The third kappa shape index (κ3) is 17.3. The van der Waals surface area contributed by atoms with Crippen LogP contribution in [0, 0.1) is 5.92 Å². The Morgan fingerprint density at radius 1 is 0.556 bits per heavy atom. The Bertz CT molecular complexity index is 964. The SMILES string of the molecule is C[Si](C)(C)O[Si](C)(C)O[Si](CCC/C(C(=O)O)=C(\C(=O)O)C1CCCCC1)(O[Si](C)(C)O[Si](C)(C)C)O[Si](C)(C)O[Si](C)(C)C. The number of carboxylic acid groups (broad SMARTS) is 2. The predicted octanol–water partition coefficient (Wildman–Crippen LogP) is 8.46. The fraction of sp³-hybridized carbons (Fsp3) is 0.857. The van der Waals surface area contributed by atoms with E-state index >= 15 is 0 Å². The van der Waals surface area contributed by atoms with Crippen LogP contribution >= 0.6 is 0 Å². The number of rotatable bonds is 19. The highest BCUT2D eigenvalue weighted by Crippen LogP contribution is 2.37. The highest BCUT2D eigenvalue weighted by atomic mass is 28.5. The summed E-state index contributed by atoms with van der Waals surface area (Å²) in [6, 6.07) is 0.295. The maximum absolute atomic E-state index is 12.6. The van der Waals surface area contributed by atoms with Crippen molar-refractivity contribution in [3.63, 3.8) is 0 Å². The van der Waals surface area contributed by atoms with Gasteiger partial charge >= 0.3 is 46.4 Å². The van der Waals surface area contributed by atoms with Gasteiger partial charge in [-0.15, -0.1) is 0 Å². The third-order valence-electron chi connectivity index (χ3n) is 6.60. The van der Waals surface area contributed by atoms with Gasteiger partial charge in [-0.25, -0.2) is 9.59 Å². The largest absolute Gasteiger partial charge is 0.478 e. The molecular weight excluding hydrogens is 693 g/mol. The lowest BCUT2D eigenvalue weighted by molar-refractivity contribution is -0.136. The van der Waals surface area contributed by atoms with Gasteiger partial charge in [0, 0.05) is 11.6 Å². The molecule has 17 heteroatoms. The number of hydrogen-bond donors (Lipinski definition) is 2. The Kier molecular flexibility index (Phi) is 15.4. The molecule has 0 spiro atoms. The van der Waals surface area contributed by atoms with Gasteiger partial charge in [0.1, 0.15) is 0 Å². The van der Waals surface area contributed by atoms with Crippen LogP contribution in [0.25, 0.3) is 0 Å². The summed E-state index contributed by atoms with van der Waals surface area (Å²) in [5, 5.41) is 20.4. The van der Waals surface area contributed by atoms with Crippen molar-refractivity contribution in [2.24, 2.45) is 5.92 Å². The Morgan fingerprint density at radius 2 is 0.911 bits per heavy atom.